The first-order valence-electron chi connectivity index (χ1n) is 6.76. The molecule has 0 aliphatic carbocycles. The smallest absolute Gasteiger partial charge is 0.242 e. The van der Waals surface area contributed by atoms with Gasteiger partial charge in [-0.25, -0.2) is 0 Å². The number of hydrogen-bond donors (Lipinski definition) is 2. The summed E-state index contributed by atoms with van der Waals surface area (Å²) in [6, 6.07) is 7.87. The quantitative estimate of drug-likeness (QED) is 0.844. The Morgan fingerprint density at radius 1 is 1.47 bits per heavy atom. The molecule has 19 heavy (non-hydrogen) atoms. The van der Waals surface area contributed by atoms with E-state index in [-0.39, 0.29) is 12.0 Å². The van der Waals surface area contributed by atoms with E-state index in [1.165, 1.54) is 0 Å². The largest absolute Gasteiger partial charge is 0.377 e. The minimum Gasteiger partial charge on any atom is -0.377 e. The number of carbonyl (C=O) groups is 1. The van der Waals surface area contributed by atoms with Crippen molar-refractivity contribution in [1.82, 2.24) is 5.32 Å². The van der Waals surface area contributed by atoms with Gasteiger partial charge in [0.15, 0.2) is 0 Å². The second kappa shape index (κ2) is 5.72. The molecule has 1 fully saturated rings. The molecule has 2 rings (SSSR count). The second-order valence-electron chi connectivity index (χ2n) is 5.37. The van der Waals surface area contributed by atoms with E-state index in [0.29, 0.717) is 6.54 Å². The molecule has 1 amide bonds. The van der Waals surface area contributed by atoms with Crippen molar-refractivity contribution in [3.8, 4) is 0 Å². The van der Waals surface area contributed by atoms with Crippen LogP contribution in [0.5, 0.6) is 0 Å². The summed E-state index contributed by atoms with van der Waals surface area (Å²) in [6.07, 6.45) is 2.31. The number of ether oxygens (including phenoxy) is 1. The lowest BCUT2D eigenvalue weighted by Gasteiger charge is -2.29. The van der Waals surface area contributed by atoms with Crippen molar-refractivity contribution in [3.63, 3.8) is 0 Å². The zero-order valence-electron chi connectivity index (χ0n) is 11.6. The van der Waals surface area contributed by atoms with E-state index in [2.05, 4.69) is 5.32 Å². The number of nitrogens with one attached hydrogen (secondary N) is 1. The van der Waals surface area contributed by atoms with Gasteiger partial charge in [0.1, 0.15) is 5.54 Å². The lowest BCUT2D eigenvalue weighted by molar-refractivity contribution is -0.124. The first-order valence-corrected chi connectivity index (χ1v) is 6.76. The van der Waals surface area contributed by atoms with Gasteiger partial charge < -0.3 is 10.5 Å². The van der Waals surface area contributed by atoms with Gasteiger partial charge in [-0.05, 0) is 32.3 Å². The monoisotopic (exact) mass is 262 g/mol. The van der Waals surface area contributed by atoms with Crippen LogP contribution in [0.25, 0.3) is 0 Å². The van der Waals surface area contributed by atoms with Gasteiger partial charge in [0, 0.05) is 13.2 Å². The molecule has 0 bridgehead atoms. The van der Waals surface area contributed by atoms with Crippen molar-refractivity contribution in [2.24, 2.45) is 5.73 Å². The molecule has 1 aromatic rings. The van der Waals surface area contributed by atoms with E-state index in [0.717, 1.165) is 30.6 Å². The van der Waals surface area contributed by atoms with E-state index < -0.39 is 5.54 Å². The number of carbonyl (C=O) groups excluding carboxylic acids is 1. The van der Waals surface area contributed by atoms with Gasteiger partial charge >= 0.3 is 0 Å². The summed E-state index contributed by atoms with van der Waals surface area (Å²) in [5, 5.41) is 3.27. The Hall–Kier alpha value is -1.39. The topological polar surface area (TPSA) is 64.3 Å². The maximum absolute atomic E-state index is 11.8. The van der Waals surface area contributed by atoms with E-state index in [9.17, 15) is 4.79 Å². The van der Waals surface area contributed by atoms with Gasteiger partial charge in [0.25, 0.3) is 0 Å². The van der Waals surface area contributed by atoms with Crippen LogP contribution in [-0.4, -0.2) is 25.2 Å². The fraction of sp³-hybridized carbons (Fsp3) is 0.533. The highest BCUT2D eigenvalue weighted by molar-refractivity contribution is 5.85. The molecule has 0 spiro atoms. The maximum Gasteiger partial charge on any atom is 0.242 e. The third kappa shape index (κ3) is 3.14. The van der Waals surface area contributed by atoms with E-state index in [4.69, 9.17) is 10.5 Å². The normalized spacial score (nSPS) is 22.1. The summed E-state index contributed by atoms with van der Waals surface area (Å²) >= 11 is 0. The number of primary amides is 1. The average molecular weight is 262 g/mol. The standard InChI is InChI=1S/C15H22N2O2/c1-11-5-7-12(8-6-11)15(2,14(16)18)17-10-13-4-3-9-19-13/h5-8,13,17H,3-4,9-10H2,1-2H3,(H2,16,18). The molecule has 1 aromatic carbocycles. The minimum absolute atomic E-state index is 0.184. The number of nitrogens with two attached hydrogens (primary N) is 1. The summed E-state index contributed by atoms with van der Waals surface area (Å²) in [6.45, 7) is 5.30. The molecular formula is C15H22N2O2. The Morgan fingerprint density at radius 3 is 2.68 bits per heavy atom. The number of rotatable bonds is 5. The van der Waals surface area contributed by atoms with Crippen molar-refractivity contribution in [1.29, 1.82) is 0 Å². The van der Waals surface area contributed by atoms with Gasteiger partial charge in [0.05, 0.1) is 6.10 Å². The summed E-state index contributed by atoms with van der Waals surface area (Å²) in [5.74, 6) is -0.366. The zero-order valence-corrected chi connectivity index (χ0v) is 11.6. The zero-order chi connectivity index (χ0) is 13.9. The molecule has 2 unspecified atom stereocenters. The third-order valence-electron chi connectivity index (χ3n) is 3.83. The van der Waals surface area contributed by atoms with Crippen molar-refractivity contribution in [2.75, 3.05) is 13.2 Å². The number of hydrogen-bond acceptors (Lipinski definition) is 3. The van der Waals surface area contributed by atoms with Gasteiger partial charge in [-0.3, -0.25) is 10.1 Å². The van der Waals surface area contributed by atoms with Crippen LogP contribution in [0.3, 0.4) is 0 Å². The fourth-order valence-corrected chi connectivity index (χ4v) is 2.34. The van der Waals surface area contributed by atoms with Crippen LogP contribution < -0.4 is 11.1 Å². The highest BCUT2D eigenvalue weighted by Crippen LogP contribution is 2.22. The lowest BCUT2D eigenvalue weighted by Crippen LogP contribution is -2.52. The molecule has 4 nitrogen and oxygen atoms in total. The number of benzene rings is 1. The average Bonchev–Trinajstić information content (AvgIpc) is 2.89. The first kappa shape index (κ1) is 14.0. The highest BCUT2D eigenvalue weighted by atomic mass is 16.5. The predicted octanol–water partition coefficient (Wildman–Crippen LogP) is 1.46. The summed E-state index contributed by atoms with van der Waals surface area (Å²) in [7, 11) is 0. The summed E-state index contributed by atoms with van der Waals surface area (Å²) in [5.41, 5.74) is 6.79. The molecule has 0 radical (unpaired) electrons. The molecule has 4 heteroatoms. The first-order chi connectivity index (χ1) is 9.02. The Labute approximate surface area is 114 Å². The maximum atomic E-state index is 11.8. The van der Waals surface area contributed by atoms with Crippen LogP contribution in [0.4, 0.5) is 0 Å². The van der Waals surface area contributed by atoms with Crippen molar-refractivity contribution < 1.29 is 9.53 Å². The number of amides is 1. The molecule has 1 heterocycles. The number of aryl methyl sites for hydroxylation is 1. The van der Waals surface area contributed by atoms with Crippen LogP contribution in [0.2, 0.25) is 0 Å². The molecular weight excluding hydrogens is 240 g/mol. The molecule has 0 aromatic heterocycles. The van der Waals surface area contributed by atoms with Gasteiger partial charge in [0.2, 0.25) is 5.91 Å². The van der Waals surface area contributed by atoms with Crippen LogP contribution in [0, 0.1) is 6.92 Å². The molecule has 3 N–H and O–H groups in total. The third-order valence-corrected chi connectivity index (χ3v) is 3.83. The predicted molar refractivity (Wildman–Crippen MR) is 74.7 cm³/mol. The lowest BCUT2D eigenvalue weighted by atomic mass is 9.90. The molecule has 104 valence electrons. The Kier molecular flexibility index (Phi) is 4.22. The van der Waals surface area contributed by atoms with Gasteiger partial charge in [-0.1, -0.05) is 29.8 Å². The van der Waals surface area contributed by atoms with E-state index in [1.807, 2.05) is 38.1 Å². The minimum atomic E-state index is -0.848. The molecule has 1 aliphatic rings. The van der Waals surface area contributed by atoms with Crippen molar-refractivity contribution >= 4 is 5.91 Å². The van der Waals surface area contributed by atoms with Crippen molar-refractivity contribution in [2.45, 2.75) is 38.3 Å². The SMILES string of the molecule is Cc1ccc(C(C)(NCC2CCCO2)C(N)=O)cc1. The van der Waals surface area contributed by atoms with Gasteiger partial charge in [-0.2, -0.15) is 0 Å². The molecule has 1 saturated heterocycles. The summed E-state index contributed by atoms with van der Waals surface area (Å²) < 4.78 is 5.57. The second-order valence-corrected chi connectivity index (χ2v) is 5.37. The fourth-order valence-electron chi connectivity index (χ4n) is 2.34. The van der Waals surface area contributed by atoms with Crippen LogP contribution >= 0.6 is 0 Å². The van der Waals surface area contributed by atoms with Crippen LogP contribution in [-0.2, 0) is 15.1 Å². The van der Waals surface area contributed by atoms with Gasteiger partial charge in [-0.15, -0.1) is 0 Å². The Balaban J connectivity index is 2.12. The molecule has 0 saturated carbocycles. The Bertz CT molecular complexity index is 438. The summed E-state index contributed by atoms with van der Waals surface area (Å²) in [4.78, 5) is 11.8. The van der Waals surface area contributed by atoms with Crippen LogP contribution in [0.1, 0.15) is 30.9 Å². The van der Waals surface area contributed by atoms with Crippen molar-refractivity contribution in [3.05, 3.63) is 35.4 Å². The Morgan fingerprint density at radius 2 is 2.16 bits per heavy atom. The van der Waals surface area contributed by atoms with E-state index >= 15 is 0 Å². The molecule has 2 atom stereocenters. The van der Waals surface area contributed by atoms with Crippen LogP contribution in [0.15, 0.2) is 24.3 Å². The highest BCUT2D eigenvalue weighted by Gasteiger charge is 2.33. The van der Waals surface area contributed by atoms with E-state index in [1.54, 1.807) is 0 Å². The molecule has 1 aliphatic heterocycles.